The van der Waals surface area contributed by atoms with E-state index in [9.17, 15) is 14.4 Å². The molecule has 0 unspecified atom stereocenters. The zero-order valence-corrected chi connectivity index (χ0v) is 17.0. The molecule has 4 rings (SSSR count). The first-order valence-corrected chi connectivity index (χ1v) is 9.44. The number of carbonyl (C=O) groups excluding carboxylic acids is 1. The number of carbonyl (C=O) groups is 1. The van der Waals surface area contributed by atoms with Crippen molar-refractivity contribution >= 4 is 59.6 Å². The number of Topliss-reactive ketones (excluding diaryl/α,β-unsaturated/α-hetero) is 1. The largest absolute Gasteiger partial charge is 0.422 e. The van der Waals surface area contributed by atoms with Crippen molar-refractivity contribution in [2.75, 3.05) is 0 Å². The van der Waals surface area contributed by atoms with Crippen LogP contribution >= 0.6 is 31.9 Å². The molecule has 0 spiro atoms. The predicted octanol–water partition coefficient (Wildman–Crippen LogP) is 5.29. The van der Waals surface area contributed by atoms with Crippen LogP contribution in [0.1, 0.15) is 17.3 Å². The van der Waals surface area contributed by atoms with E-state index in [1.165, 1.54) is 13.0 Å². The Morgan fingerprint density at radius 3 is 2.41 bits per heavy atom. The standard InChI is InChI=1S/C20H10Br2O5/c1-9(23)14-6-11-4-10(2-3-17(11)26-19(14)24)15-7-12-5-13(21)8-16(22)18(12)27-20(15)25/h2-8H,1H3. The van der Waals surface area contributed by atoms with Gasteiger partial charge in [-0.1, -0.05) is 22.0 Å². The molecule has 27 heavy (non-hydrogen) atoms. The average Bonchev–Trinajstić information content (AvgIpc) is 2.61. The maximum atomic E-state index is 12.5. The Balaban J connectivity index is 1.97. The molecule has 2 aromatic heterocycles. The quantitative estimate of drug-likeness (QED) is 0.282. The summed E-state index contributed by atoms with van der Waals surface area (Å²) < 4.78 is 12.2. The van der Waals surface area contributed by atoms with E-state index in [1.807, 2.05) is 6.07 Å². The highest BCUT2D eigenvalue weighted by atomic mass is 79.9. The second-order valence-electron chi connectivity index (χ2n) is 6.01. The van der Waals surface area contributed by atoms with Crippen molar-refractivity contribution in [1.82, 2.24) is 0 Å². The number of halogens is 2. The Hall–Kier alpha value is -2.51. The lowest BCUT2D eigenvalue weighted by atomic mass is 10.0. The highest BCUT2D eigenvalue weighted by molar-refractivity contribution is 9.11. The van der Waals surface area contributed by atoms with Gasteiger partial charge in [0.15, 0.2) is 11.4 Å². The molecule has 7 heteroatoms. The Labute approximate surface area is 168 Å². The van der Waals surface area contributed by atoms with Crippen LogP contribution in [-0.2, 0) is 0 Å². The van der Waals surface area contributed by atoms with Gasteiger partial charge in [-0.25, -0.2) is 9.59 Å². The third-order valence-electron chi connectivity index (χ3n) is 4.17. The molecule has 2 aromatic carbocycles. The maximum absolute atomic E-state index is 12.5. The van der Waals surface area contributed by atoms with E-state index in [0.29, 0.717) is 32.2 Å². The summed E-state index contributed by atoms with van der Waals surface area (Å²) in [5.74, 6) is -0.379. The van der Waals surface area contributed by atoms with Crippen LogP contribution in [0.25, 0.3) is 33.1 Å². The van der Waals surface area contributed by atoms with E-state index in [4.69, 9.17) is 8.83 Å². The van der Waals surface area contributed by atoms with Gasteiger partial charge in [-0.05, 0) is 64.8 Å². The second kappa shape index (κ2) is 6.58. The van der Waals surface area contributed by atoms with Crippen molar-refractivity contribution in [3.8, 4) is 11.1 Å². The predicted molar refractivity (Wildman–Crippen MR) is 109 cm³/mol. The number of rotatable bonds is 2. The van der Waals surface area contributed by atoms with Gasteiger partial charge in [0, 0.05) is 15.2 Å². The number of hydrogen-bond acceptors (Lipinski definition) is 5. The van der Waals surface area contributed by atoms with Crippen LogP contribution in [0.15, 0.2) is 69.8 Å². The summed E-state index contributed by atoms with van der Waals surface area (Å²) in [5, 5.41) is 1.29. The van der Waals surface area contributed by atoms with Crippen molar-refractivity contribution in [3.63, 3.8) is 0 Å². The summed E-state index contributed by atoms with van der Waals surface area (Å²) >= 11 is 6.81. The van der Waals surface area contributed by atoms with E-state index in [2.05, 4.69) is 31.9 Å². The third-order valence-corrected chi connectivity index (χ3v) is 5.22. The van der Waals surface area contributed by atoms with E-state index in [0.717, 1.165) is 9.86 Å². The summed E-state index contributed by atoms with van der Waals surface area (Å²) in [5.41, 5.74) is 0.555. The molecule has 4 aromatic rings. The monoisotopic (exact) mass is 488 g/mol. The van der Waals surface area contributed by atoms with Crippen LogP contribution in [0, 0.1) is 0 Å². The SMILES string of the molecule is CC(=O)c1cc2cc(-c3cc4cc(Br)cc(Br)c4oc3=O)ccc2oc1=O. The van der Waals surface area contributed by atoms with Crippen molar-refractivity contribution in [1.29, 1.82) is 0 Å². The summed E-state index contributed by atoms with van der Waals surface area (Å²) in [6.07, 6.45) is 0. The first-order valence-electron chi connectivity index (χ1n) is 7.85. The lowest BCUT2D eigenvalue weighted by Gasteiger charge is -2.06. The Morgan fingerprint density at radius 2 is 1.67 bits per heavy atom. The highest BCUT2D eigenvalue weighted by Gasteiger charge is 2.14. The van der Waals surface area contributed by atoms with E-state index in [1.54, 1.807) is 30.3 Å². The number of ketones is 1. The Kier molecular flexibility index (Phi) is 4.36. The van der Waals surface area contributed by atoms with Gasteiger partial charge in [-0.15, -0.1) is 0 Å². The molecule has 5 nitrogen and oxygen atoms in total. The molecular weight excluding hydrogens is 480 g/mol. The molecule has 0 radical (unpaired) electrons. The molecule has 0 fully saturated rings. The topological polar surface area (TPSA) is 77.5 Å². The molecule has 0 saturated carbocycles. The molecule has 0 amide bonds. The summed E-state index contributed by atoms with van der Waals surface area (Å²) in [6.45, 7) is 1.30. The molecule has 134 valence electrons. The summed E-state index contributed by atoms with van der Waals surface area (Å²) in [6, 6.07) is 11.8. The minimum absolute atomic E-state index is 0.0296. The second-order valence-corrected chi connectivity index (χ2v) is 7.78. The summed E-state index contributed by atoms with van der Waals surface area (Å²) in [7, 11) is 0. The zero-order valence-electron chi connectivity index (χ0n) is 13.8. The van der Waals surface area contributed by atoms with Gasteiger partial charge in [0.2, 0.25) is 0 Å². The van der Waals surface area contributed by atoms with Gasteiger partial charge in [0.1, 0.15) is 11.1 Å². The normalized spacial score (nSPS) is 11.2. The first-order chi connectivity index (χ1) is 12.8. The lowest BCUT2D eigenvalue weighted by Crippen LogP contribution is -2.11. The fraction of sp³-hybridized carbons (Fsp3) is 0.0500. The van der Waals surface area contributed by atoms with E-state index >= 15 is 0 Å². The number of benzene rings is 2. The van der Waals surface area contributed by atoms with Crippen LogP contribution in [0.5, 0.6) is 0 Å². The molecule has 0 saturated heterocycles. The van der Waals surface area contributed by atoms with E-state index < -0.39 is 11.3 Å². The van der Waals surface area contributed by atoms with Crippen molar-refractivity contribution in [2.45, 2.75) is 6.92 Å². The van der Waals surface area contributed by atoms with Gasteiger partial charge < -0.3 is 8.83 Å². The number of fused-ring (bicyclic) bond motifs is 2. The molecule has 0 bridgehead atoms. The van der Waals surface area contributed by atoms with Crippen LogP contribution in [0.4, 0.5) is 0 Å². The Bertz CT molecular complexity index is 1360. The molecule has 2 heterocycles. The minimum atomic E-state index is -0.678. The van der Waals surface area contributed by atoms with Gasteiger partial charge >= 0.3 is 11.3 Å². The molecule has 0 aliphatic rings. The van der Waals surface area contributed by atoms with Crippen LogP contribution in [-0.4, -0.2) is 5.78 Å². The third kappa shape index (κ3) is 3.17. The lowest BCUT2D eigenvalue weighted by molar-refractivity contribution is 0.101. The maximum Gasteiger partial charge on any atom is 0.347 e. The Morgan fingerprint density at radius 1 is 0.889 bits per heavy atom. The van der Waals surface area contributed by atoms with Crippen molar-refractivity contribution in [2.24, 2.45) is 0 Å². The van der Waals surface area contributed by atoms with Gasteiger partial charge in [-0.3, -0.25) is 4.79 Å². The van der Waals surface area contributed by atoms with Gasteiger partial charge in [0.25, 0.3) is 0 Å². The molecule has 0 aliphatic heterocycles. The van der Waals surface area contributed by atoms with Crippen LogP contribution in [0.2, 0.25) is 0 Å². The molecule has 0 aliphatic carbocycles. The van der Waals surface area contributed by atoms with Crippen molar-refractivity contribution in [3.05, 3.63) is 77.8 Å². The highest BCUT2D eigenvalue weighted by Crippen LogP contribution is 2.30. The fourth-order valence-electron chi connectivity index (χ4n) is 2.89. The average molecular weight is 490 g/mol. The fourth-order valence-corrected chi connectivity index (χ4v) is 4.23. The smallest absolute Gasteiger partial charge is 0.347 e. The molecule has 0 atom stereocenters. The van der Waals surface area contributed by atoms with Crippen molar-refractivity contribution < 1.29 is 13.6 Å². The van der Waals surface area contributed by atoms with Crippen LogP contribution < -0.4 is 11.3 Å². The zero-order chi connectivity index (χ0) is 19.3. The van der Waals surface area contributed by atoms with Gasteiger partial charge in [0.05, 0.1) is 10.0 Å². The number of hydrogen-bond donors (Lipinski definition) is 0. The molecule has 0 N–H and O–H groups in total. The van der Waals surface area contributed by atoms with Gasteiger partial charge in [-0.2, -0.15) is 0 Å². The molecular formula is C20H10Br2O5. The van der Waals surface area contributed by atoms with E-state index in [-0.39, 0.29) is 11.3 Å². The summed E-state index contributed by atoms with van der Waals surface area (Å²) in [4.78, 5) is 35.9. The first kappa shape index (κ1) is 17.9. The van der Waals surface area contributed by atoms with Crippen LogP contribution in [0.3, 0.4) is 0 Å². The minimum Gasteiger partial charge on any atom is -0.422 e.